The van der Waals surface area contributed by atoms with E-state index in [9.17, 15) is 22.8 Å². The van der Waals surface area contributed by atoms with Gasteiger partial charge in [-0.1, -0.05) is 37.3 Å². The van der Waals surface area contributed by atoms with E-state index in [1.54, 1.807) is 15.9 Å². The number of amides is 2. The fourth-order valence-corrected chi connectivity index (χ4v) is 5.01. The molecule has 0 unspecified atom stereocenters. The quantitative estimate of drug-likeness (QED) is 0.617. The lowest BCUT2D eigenvalue weighted by Crippen LogP contribution is -2.54. The van der Waals surface area contributed by atoms with Gasteiger partial charge in [-0.25, -0.2) is 0 Å². The van der Waals surface area contributed by atoms with E-state index < -0.39 is 12.6 Å². The van der Waals surface area contributed by atoms with Gasteiger partial charge >= 0.3 is 6.18 Å². The van der Waals surface area contributed by atoms with Crippen LogP contribution in [0.5, 0.6) is 0 Å². The van der Waals surface area contributed by atoms with E-state index in [0.29, 0.717) is 56.2 Å². The first kappa shape index (κ1) is 26.2. The molecule has 0 bridgehead atoms. The fourth-order valence-electron chi connectivity index (χ4n) is 5.01. The highest BCUT2D eigenvalue weighted by Gasteiger charge is 2.34. The number of fused-ring (bicyclic) bond motifs is 1. The molecule has 2 atom stereocenters. The topological polar surface area (TPSA) is 66.8 Å². The smallest absolute Gasteiger partial charge is 0.373 e. The molecule has 1 aromatic carbocycles. The van der Waals surface area contributed by atoms with Crippen molar-refractivity contribution in [1.29, 1.82) is 0 Å². The standard InChI is InChI=1S/C26H33F3N4O3/c1-3-21(19-7-5-4-6-8-19)30-24(34)20-15-22(33-13-14-36-17-23(20)33)25(35)32-12-11-31(16-18(32)2)10-9-26(27,28)29/h4-8,15,18,21H,3,9-14,16-17H2,1-2H3,(H,30,34)/t18-,21+/m0/s1. The van der Waals surface area contributed by atoms with Crippen molar-refractivity contribution in [2.45, 2.75) is 58.1 Å². The zero-order chi connectivity index (χ0) is 25.9. The minimum atomic E-state index is -4.20. The highest BCUT2D eigenvalue weighted by atomic mass is 19.4. The highest BCUT2D eigenvalue weighted by molar-refractivity contribution is 6.01. The first-order valence-corrected chi connectivity index (χ1v) is 12.4. The Kier molecular flexibility index (Phi) is 8.04. The van der Waals surface area contributed by atoms with Crippen molar-refractivity contribution in [2.24, 2.45) is 0 Å². The molecule has 1 N–H and O–H groups in total. The normalized spacial score (nSPS) is 19.6. The Morgan fingerprint density at radius 3 is 2.58 bits per heavy atom. The van der Waals surface area contributed by atoms with Crippen LogP contribution in [0, 0.1) is 0 Å². The largest absolute Gasteiger partial charge is 0.390 e. The van der Waals surface area contributed by atoms with Crippen molar-refractivity contribution in [3.05, 3.63) is 58.9 Å². The summed E-state index contributed by atoms with van der Waals surface area (Å²) in [6.45, 7) is 6.00. The fraction of sp³-hybridized carbons (Fsp3) is 0.538. The Labute approximate surface area is 209 Å². The number of carbonyl (C=O) groups excluding carboxylic acids is 2. The number of benzene rings is 1. The summed E-state index contributed by atoms with van der Waals surface area (Å²) < 4.78 is 45.3. The predicted octanol–water partition coefficient (Wildman–Crippen LogP) is 4.00. The van der Waals surface area contributed by atoms with Gasteiger partial charge < -0.3 is 19.5 Å². The van der Waals surface area contributed by atoms with Crippen LogP contribution >= 0.6 is 0 Å². The molecule has 2 amide bonds. The highest BCUT2D eigenvalue weighted by Crippen LogP contribution is 2.26. The Balaban J connectivity index is 1.51. The third kappa shape index (κ3) is 5.92. The Morgan fingerprint density at radius 1 is 1.17 bits per heavy atom. The van der Waals surface area contributed by atoms with Crippen LogP contribution in [-0.4, -0.2) is 71.2 Å². The molecule has 1 saturated heterocycles. The lowest BCUT2D eigenvalue weighted by Gasteiger charge is -2.40. The summed E-state index contributed by atoms with van der Waals surface area (Å²) in [7, 11) is 0. The van der Waals surface area contributed by atoms with Crippen LogP contribution in [0.25, 0.3) is 0 Å². The van der Waals surface area contributed by atoms with Gasteiger partial charge in [0.05, 0.1) is 36.9 Å². The molecule has 7 nitrogen and oxygen atoms in total. The van der Waals surface area contributed by atoms with Crippen LogP contribution in [0.3, 0.4) is 0 Å². The van der Waals surface area contributed by atoms with Gasteiger partial charge in [0.1, 0.15) is 5.69 Å². The van der Waals surface area contributed by atoms with Crippen LogP contribution < -0.4 is 5.32 Å². The number of alkyl halides is 3. The molecule has 36 heavy (non-hydrogen) atoms. The summed E-state index contributed by atoms with van der Waals surface area (Å²) >= 11 is 0. The molecule has 0 radical (unpaired) electrons. The number of carbonyl (C=O) groups is 2. The van der Waals surface area contributed by atoms with Crippen LogP contribution in [0.1, 0.15) is 64.8 Å². The van der Waals surface area contributed by atoms with E-state index in [1.807, 2.05) is 48.7 Å². The number of nitrogens with zero attached hydrogens (tertiary/aromatic N) is 3. The molecule has 1 aromatic heterocycles. The number of piperazine rings is 1. The first-order valence-electron chi connectivity index (χ1n) is 12.4. The molecular formula is C26H33F3N4O3. The van der Waals surface area contributed by atoms with Gasteiger partial charge in [0.25, 0.3) is 11.8 Å². The summed E-state index contributed by atoms with van der Waals surface area (Å²) in [5, 5.41) is 3.09. The van der Waals surface area contributed by atoms with E-state index in [4.69, 9.17) is 4.74 Å². The second kappa shape index (κ2) is 11.0. The van der Waals surface area contributed by atoms with E-state index in [1.165, 1.54) is 0 Å². The van der Waals surface area contributed by atoms with Crippen molar-refractivity contribution < 1.29 is 27.5 Å². The van der Waals surface area contributed by atoms with Crippen LogP contribution in [0.4, 0.5) is 13.2 Å². The zero-order valence-electron chi connectivity index (χ0n) is 20.7. The van der Waals surface area contributed by atoms with E-state index >= 15 is 0 Å². The maximum absolute atomic E-state index is 13.6. The summed E-state index contributed by atoms with van der Waals surface area (Å²) in [4.78, 5) is 30.3. The maximum atomic E-state index is 13.6. The minimum absolute atomic E-state index is 0.0714. The zero-order valence-corrected chi connectivity index (χ0v) is 20.7. The summed E-state index contributed by atoms with van der Waals surface area (Å²) in [5.74, 6) is -0.473. The molecule has 0 spiro atoms. The summed E-state index contributed by atoms with van der Waals surface area (Å²) in [6, 6.07) is 11.0. The molecule has 196 valence electrons. The maximum Gasteiger partial charge on any atom is 0.390 e. The van der Waals surface area contributed by atoms with Gasteiger partial charge in [0.15, 0.2) is 0 Å². The number of hydrogen-bond donors (Lipinski definition) is 1. The van der Waals surface area contributed by atoms with Gasteiger partial charge in [0.2, 0.25) is 0 Å². The van der Waals surface area contributed by atoms with Gasteiger partial charge in [-0.2, -0.15) is 13.2 Å². The molecule has 0 saturated carbocycles. The molecule has 1 fully saturated rings. The van der Waals surface area contributed by atoms with Gasteiger partial charge in [0, 0.05) is 38.8 Å². The van der Waals surface area contributed by atoms with E-state index in [0.717, 1.165) is 5.56 Å². The second-order valence-electron chi connectivity index (χ2n) is 9.45. The molecule has 2 aliphatic heterocycles. The van der Waals surface area contributed by atoms with Crippen LogP contribution in [-0.2, 0) is 17.9 Å². The number of ether oxygens (including phenoxy) is 1. The monoisotopic (exact) mass is 506 g/mol. The number of nitrogens with one attached hydrogen (secondary N) is 1. The molecular weight excluding hydrogens is 473 g/mol. The van der Waals surface area contributed by atoms with Crippen molar-refractivity contribution >= 4 is 11.8 Å². The molecule has 2 aliphatic rings. The minimum Gasteiger partial charge on any atom is -0.373 e. The van der Waals surface area contributed by atoms with Gasteiger partial charge in [-0.3, -0.25) is 14.5 Å². The summed E-state index contributed by atoms with van der Waals surface area (Å²) in [6.07, 6.45) is -4.35. The van der Waals surface area contributed by atoms with Crippen molar-refractivity contribution in [3.63, 3.8) is 0 Å². The third-order valence-electron chi connectivity index (χ3n) is 6.97. The Morgan fingerprint density at radius 2 is 1.92 bits per heavy atom. The van der Waals surface area contributed by atoms with E-state index in [2.05, 4.69) is 5.32 Å². The number of halogens is 3. The van der Waals surface area contributed by atoms with Crippen LogP contribution in [0.15, 0.2) is 36.4 Å². The Bertz CT molecular complexity index is 1070. The molecule has 2 aromatic rings. The number of rotatable bonds is 7. The SMILES string of the molecule is CC[C@@H](NC(=O)c1cc(C(=O)N2CCN(CCC(F)(F)F)C[C@@H]2C)n2c1COCC2)c1ccccc1. The van der Waals surface area contributed by atoms with Crippen molar-refractivity contribution in [2.75, 3.05) is 32.8 Å². The predicted molar refractivity (Wildman–Crippen MR) is 129 cm³/mol. The number of hydrogen-bond acceptors (Lipinski definition) is 4. The second-order valence-corrected chi connectivity index (χ2v) is 9.45. The Hall–Kier alpha value is -2.85. The van der Waals surface area contributed by atoms with Gasteiger partial charge in [-0.15, -0.1) is 0 Å². The summed E-state index contributed by atoms with van der Waals surface area (Å²) in [5.41, 5.74) is 2.51. The van der Waals surface area contributed by atoms with Crippen molar-refractivity contribution in [1.82, 2.24) is 19.7 Å². The van der Waals surface area contributed by atoms with Gasteiger partial charge in [-0.05, 0) is 25.0 Å². The van der Waals surface area contributed by atoms with Crippen LogP contribution in [0.2, 0.25) is 0 Å². The molecule has 10 heteroatoms. The lowest BCUT2D eigenvalue weighted by molar-refractivity contribution is -0.139. The average molecular weight is 507 g/mol. The molecule has 0 aliphatic carbocycles. The molecule has 4 rings (SSSR count). The average Bonchev–Trinajstić information content (AvgIpc) is 3.25. The first-order chi connectivity index (χ1) is 17.2. The third-order valence-corrected chi connectivity index (χ3v) is 6.97. The van der Waals surface area contributed by atoms with E-state index in [-0.39, 0.29) is 37.0 Å². The lowest BCUT2D eigenvalue weighted by atomic mass is 10.0. The van der Waals surface area contributed by atoms with Crippen molar-refractivity contribution in [3.8, 4) is 0 Å². The number of aromatic nitrogens is 1. The molecule has 3 heterocycles.